The van der Waals surface area contributed by atoms with Gasteiger partial charge < -0.3 is 15.2 Å². The number of methoxy groups -OCH3 is 1. The number of rotatable bonds is 7. The molecule has 0 aliphatic heterocycles. The SMILES string of the molecule is COc1cc(C=NNC(=O)c2ccccc2N)cc(I)c1OCc1ccc(Cl)cc1. The highest BCUT2D eigenvalue weighted by atomic mass is 127. The number of hydrogen-bond donors (Lipinski definition) is 2. The molecule has 0 atom stereocenters. The van der Waals surface area contributed by atoms with E-state index in [0.717, 1.165) is 14.7 Å². The molecule has 30 heavy (non-hydrogen) atoms. The summed E-state index contributed by atoms with van der Waals surface area (Å²) in [5.74, 6) is 0.816. The Bertz CT molecular complexity index is 1070. The maximum absolute atomic E-state index is 12.2. The standard InChI is InChI=1S/C22H19ClIN3O3/c1-29-20-11-15(12-26-27-22(28)17-4-2-3-5-19(17)25)10-18(24)21(20)30-13-14-6-8-16(23)9-7-14/h2-12H,13,25H2,1H3,(H,27,28). The van der Waals surface area contributed by atoms with Crippen molar-refractivity contribution >= 4 is 52.0 Å². The molecule has 154 valence electrons. The van der Waals surface area contributed by atoms with Crippen LogP contribution in [0.15, 0.2) is 65.8 Å². The van der Waals surface area contributed by atoms with Gasteiger partial charge in [0.2, 0.25) is 0 Å². The number of para-hydroxylation sites is 1. The van der Waals surface area contributed by atoms with Crippen LogP contribution < -0.4 is 20.6 Å². The minimum Gasteiger partial charge on any atom is -0.493 e. The number of hydrogen-bond acceptors (Lipinski definition) is 5. The lowest BCUT2D eigenvalue weighted by Gasteiger charge is -2.13. The number of benzene rings is 3. The summed E-state index contributed by atoms with van der Waals surface area (Å²) in [4.78, 5) is 12.2. The van der Waals surface area contributed by atoms with Gasteiger partial charge in [-0.2, -0.15) is 5.10 Å². The van der Waals surface area contributed by atoms with E-state index in [2.05, 4.69) is 33.1 Å². The molecule has 3 aromatic rings. The normalized spacial score (nSPS) is 10.8. The summed E-state index contributed by atoms with van der Waals surface area (Å²) in [5.41, 5.74) is 10.8. The van der Waals surface area contributed by atoms with Crippen LogP contribution in [0.3, 0.4) is 0 Å². The van der Waals surface area contributed by atoms with E-state index in [-0.39, 0.29) is 5.91 Å². The highest BCUT2D eigenvalue weighted by molar-refractivity contribution is 14.1. The molecule has 0 bridgehead atoms. The average molecular weight is 536 g/mol. The van der Waals surface area contributed by atoms with Gasteiger partial charge in [-0.05, 0) is 70.1 Å². The Morgan fingerprint density at radius 3 is 2.63 bits per heavy atom. The predicted molar refractivity (Wildman–Crippen MR) is 127 cm³/mol. The van der Waals surface area contributed by atoms with Crippen LogP contribution >= 0.6 is 34.2 Å². The minimum absolute atomic E-state index is 0.368. The molecule has 0 aliphatic carbocycles. The second-order valence-electron chi connectivity index (χ2n) is 6.24. The molecule has 3 aromatic carbocycles. The number of halogens is 2. The number of ether oxygens (including phenoxy) is 2. The van der Waals surface area contributed by atoms with E-state index < -0.39 is 0 Å². The number of nitrogens with zero attached hydrogens (tertiary/aromatic N) is 1. The summed E-state index contributed by atoms with van der Waals surface area (Å²) >= 11 is 8.09. The smallest absolute Gasteiger partial charge is 0.273 e. The van der Waals surface area contributed by atoms with E-state index in [9.17, 15) is 4.79 Å². The lowest BCUT2D eigenvalue weighted by Crippen LogP contribution is -2.19. The Morgan fingerprint density at radius 1 is 1.20 bits per heavy atom. The second-order valence-corrected chi connectivity index (χ2v) is 7.83. The van der Waals surface area contributed by atoms with Gasteiger partial charge in [-0.15, -0.1) is 0 Å². The van der Waals surface area contributed by atoms with Crippen molar-refractivity contribution in [1.82, 2.24) is 5.43 Å². The quantitative estimate of drug-likeness (QED) is 0.195. The van der Waals surface area contributed by atoms with E-state index in [1.807, 2.05) is 30.3 Å². The number of amides is 1. The molecule has 0 saturated carbocycles. The number of nitrogens with two attached hydrogens (primary N) is 1. The van der Waals surface area contributed by atoms with Gasteiger partial charge >= 0.3 is 0 Å². The summed E-state index contributed by atoms with van der Waals surface area (Å²) in [6.07, 6.45) is 1.53. The fraction of sp³-hybridized carbons (Fsp3) is 0.0909. The summed E-state index contributed by atoms with van der Waals surface area (Å²) in [5, 5.41) is 4.69. The molecule has 6 nitrogen and oxygen atoms in total. The molecule has 3 rings (SSSR count). The molecule has 0 aliphatic rings. The van der Waals surface area contributed by atoms with Crippen molar-refractivity contribution in [2.24, 2.45) is 5.10 Å². The van der Waals surface area contributed by atoms with Crippen LogP contribution in [0.2, 0.25) is 5.02 Å². The van der Waals surface area contributed by atoms with Crippen LogP contribution in [0.25, 0.3) is 0 Å². The molecule has 0 spiro atoms. The van der Waals surface area contributed by atoms with Crippen molar-refractivity contribution in [3.63, 3.8) is 0 Å². The third-order valence-corrected chi connectivity index (χ3v) is 5.19. The molecule has 0 aromatic heterocycles. The van der Waals surface area contributed by atoms with Crippen molar-refractivity contribution in [2.45, 2.75) is 6.61 Å². The number of nitrogens with one attached hydrogen (secondary N) is 1. The van der Waals surface area contributed by atoms with Crippen molar-refractivity contribution in [3.8, 4) is 11.5 Å². The summed E-state index contributed by atoms with van der Waals surface area (Å²) in [6, 6.07) is 17.9. The van der Waals surface area contributed by atoms with Crippen LogP contribution in [-0.4, -0.2) is 19.2 Å². The second kappa shape index (κ2) is 10.3. The highest BCUT2D eigenvalue weighted by Gasteiger charge is 2.12. The van der Waals surface area contributed by atoms with E-state index in [1.54, 1.807) is 37.4 Å². The number of hydrazone groups is 1. The van der Waals surface area contributed by atoms with Gasteiger partial charge in [-0.1, -0.05) is 35.9 Å². The van der Waals surface area contributed by atoms with Gasteiger partial charge in [0.15, 0.2) is 11.5 Å². The summed E-state index contributed by atoms with van der Waals surface area (Å²) < 4.78 is 12.3. The van der Waals surface area contributed by atoms with Crippen molar-refractivity contribution in [2.75, 3.05) is 12.8 Å². The van der Waals surface area contributed by atoms with Gasteiger partial charge in [-0.3, -0.25) is 4.79 Å². The first-order chi connectivity index (χ1) is 14.5. The molecular weight excluding hydrogens is 517 g/mol. The zero-order valence-corrected chi connectivity index (χ0v) is 19.0. The molecule has 3 N–H and O–H groups in total. The lowest BCUT2D eigenvalue weighted by atomic mass is 10.2. The molecule has 0 saturated heterocycles. The summed E-state index contributed by atoms with van der Waals surface area (Å²) in [7, 11) is 1.57. The minimum atomic E-state index is -0.381. The Morgan fingerprint density at radius 2 is 1.93 bits per heavy atom. The molecular formula is C22H19ClIN3O3. The zero-order valence-electron chi connectivity index (χ0n) is 16.1. The monoisotopic (exact) mass is 535 g/mol. The van der Waals surface area contributed by atoms with E-state index in [0.29, 0.717) is 34.4 Å². The van der Waals surface area contributed by atoms with Crippen LogP contribution in [-0.2, 0) is 6.61 Å². The summed E-state index contributed by atoms with van der Waals surface area (Å²) in [6.45, 7) is 0.380. The fourth-order valence-electron chi connectivity index (χ4n) is 2.62. The van der Waals surface area contributed by atoms with Gasteiger partial charge in [0.25, 0.3) is 5.91 Å². The number of anilines is 1. The van der Waals surface area contributed by atoms with Crippen molar-refractivity contribution in [3.05, 3.63) is 85.9 Å². The van der Waals surface area contributed by atoms with E-state index in [1.165, 1.54) is 6.21 Å². The van der Waals surface area contributed by atoms with Crippen LogP contribution in [0, 0.1) is 3.57 Å². The molecule has 0 heterocycles. The maximum atomic E-state index is 12.2. The zero-order chi connectivity index (χ0) is 21.5. The van der Waals surface area contributed by atoms with Crippen LogP contribution in [0.5, 0.6) is 11.5 Å². The molecule has 0 radical (unpaired) electrons. The Kier molecular flexibility index (Phi) is 7.53. The Labute approximate surface area is 193 Å². The largest absolute Gasteiger partial charge is 0.493 e. The highest BCUT2D eigenvalue weighted by Crippen LogP contribution is 2.34. The first-order valence-corrected chi connectivity index (χ1v) is 10.4. The number of carbonyl (C=O) groups excluding carboxylic acids is 1. The fourth-order valence-corrected chi connectivity index (χ4v) is 3.53. The van der Waals surface area contributed by atoms with Gasteiger partial charge in [0.1, 0.15) is 6.61 Å². The third-order valence-electron chi connectivity index (χ3n) is 4.13. The number of carbonyl (C=O) groups is 1. The van der Waals surface area contributed by atoms with Crippen molar-refractivity contribution < 1.29 is 14.3 Å². The Hall–Kier alpha value is -2.78. The molecule has 8 heteroatoms. The van der Waals surface area contributed by atoms with E-state index in [4.69, 9.17) is 26.8 Å². The molecule has 1 amide bonds. The van der Waals surface area contributed by atoms with Crippen LogP contribution in [0.4, 0.5) is 5.69 Å². The topological polar surface area (TPSA) is 85.9 Å². The van der Waals surface area contributed by atoms with Crippen molar-refractivity contribution in [1.29, 1.82) is 0 Å². The first-order valence-electron chi connectivity index (χ1n) is 8.90. The number of nitrogen functional groups attached to an aromatic ring is 1. The van der Waals surface area contributed by atoms with E-state index >= 15 is 0 Å². The first kappa shape index (κ1) is 21.9. The third kappa shape index (κ3) is 5.64. The maximum Gasteiger partial charge on any atom is 0.273 e. The van der Waals surface area contributed by atoms with Gasteiger partial charge in [0, 0.05) is 10.7 Å². The van der Waals surface area contributed by atoms with Gasteiger partial charge in [0.05, 0.1) is 22.5 Å². The average Bonchev–Trinajstić information content (AvgIpc) is 2.74. The Balaban J connectivity index is 1.70. The molecule has 0 fully saturated rings. The van der Waals surface area contributed by atoms with Crippen LogP contribution in [0.1, 0.15) is 21.5 Å². The molecule has 0 unspecified atom stereocenters. The lowest BCUT2D eigenvalue weighted by molar-refractivity contribution is 0.0956. The predicted octanol–water partition coefficient (Wildman–Crippen LogP) is 4.88. The van der Waals surface area contributed by atoms with Gasteiger partial charge in [-0.25, -0.2) is 5.43 Å².